The van der Waals surface area contributed by atoms with Gasteiger partial charge in [0.05, 0.1) is 0 Å². The lowest BCUT2D eigenvalue weighted by atomic mass is 9.91. The minimum absolute atomic E-state index is 0.282. The van der Waals surface area contributed by atoms with Crippen molar-refractivity contribution in [1.29, 1.82) is 0 Å². The highest BCUT2D eigenvalue weighted by Crippen LogP contribution is 2.30. The molecule has 0 bridgehead atoms. The van der Waals surface area contributed by atoms with E-state index in [-0.39, 0.29) is 5.92 Å². The number of rotatable bonds is 4. The summed E-state index contributed by atoms with van der Waals surface area (Å²) in [5.74, 6) is 2.48. The van der Waals surface area contributed by atoms with Crippen molar-refractivity contribution in [3.8, 4) is 0 Å². The monoisotopic (exact) mass is 251 g/mol. The summed E-state index contributed by atoms with van der Waals surface area (Å²) in [5, 5.41) is 4.19. The number of nitrogens with zero attached hydrogens (tertiary/aromatic N) is 2. The molecule has 1 aromatic rings. The van der Waals surface area contributed by atoms with Crippen LogP contribution in [0, 0.1) is 0 Å². The van der Waals surface area contributed by atoms with Gasteiger partial charge in [-0.15, -0.1) is 0 Å². The fourth-order valence-corrected chi connectivity index (χ4v) is 2.70. The summed E-state index contributed by atoms with van der Waals surface area (Å²) in [4.78, 5) is 4.59. The second-order valence-corrected chi connectivity index (χ2v) is 5.51. The summed E-state index contributed by atoms with van der Waals surface area (Å²) in [6.45, 7) is 2.77. The summed E-state index contributed by atoms with van der Waals surface area (Å²) >= 11 is 0. The maximum absolute atomic E-state index is 5.56. The summed E-state index contributed by atoms with van der Waals surface area (Å²) in [6, 6.07) is 0. The Morgan fingerprint density at radius 2 is 1.89 bits per heavy atom. The average molecular weight is 251 g/mol. The van der Waals surface area contributed by atoms with Crippen molar-refractivity contribution in [3.05, 3.63) is 11.7 Å². The molecule has 2 rings (SSSR count). The molecule has 1 aliphatic rings. The van der Waals surface area contributed by atoms with Crippen LogP contribution in [-0.2, 0) is 0 Å². The van der Waals surface area contributed by atoms with Gasteiger partial charge < -0.3 is 10.3 Å². The number of nitrogens with two attached hydrogens (primary N) is 1. The molecule has 2 N–H and O–H groups in total. The van der Waals surface area contributed by atoms with E-state index in [4.69, 9.17) is 10.3 Å². The number of hydrogen-bond donors (Lipinski definition) is 1. The van der Waals surface area contributed by atoms with Gasteiger partial charge in [0, 0.05) is 11.8 Å². The molecule has 102 valence electrons. The first kappa shape index (κ1) is 13.5. The first-order valence-electron chi connectivity index (χ1n) is 7.35. The van der Waals surface area contributed by atoms with E-state index in [1.54, 1.807) is 0 Å². The number of aromatic nitrogens is 2. The lowest BCUT2D eigenvalue weighted by Crippen LogP contribution is -2.06. The van der Waals surface area contributed by atoms with Crippen molar-refractivity contribution < 1.29 is 4.52 Å². The highest BCUT2D eigenvalue weighted by Gasteiger charge is 2.21. The molecule has 0 radical (unpaired) electrons. The smallest absolute Gasteiger partial charge is 0.229 e. The van der Waals surface area contributed by atoms with Gasteiger partial charge in [-0.25, -0.2) is 0 Å². The molecule has 1 atom stereocenters. The van der Waals surface area contributed by atoms with Crippen LogP contribution in [0.15, 0.2) is 4.52 Å². The van der Waals surface area contributed by atoms with Crippen LogP contribution < -0.4 is 5.73 Å². The lowest BCUT2D eigenvalue weighted by Gasteiger charge is -2.15. The zero-order valence-corrected chi connectivity index (χ0v) is 11.4. The molecule has 0 aromatic carbocycles. The van der Waals surface area contributed by atoms with Gasteiger partial charge in [0.15, 0.2) is 5.82 Å². The van der Waals surface area contributed by atoms with E-state index in [9.17, 15) is 0 Å². The van der Waals surface area contributed by atoms with Crippen LogP contribution in [-0.4, -0.2) is 16.7 Å². The third-order valence-electron chi connectivity index (χ3n) is 3.95. The molecule has 1 fully saturated rings. The summed E-state index contributed by atoms with van der Waals surface area (Å²) in [5.41, 5.74) is 5.56. The van der Waals surface area contributed by atoms with Crippen molar-refractivity contribution in [2.45, 2.75) is 70.1 Å². The fraction of sp³-hybridized carbons (Fsp3) is 0.857. The second-order valence-electron chi connectivity index (χ2n) is 5.51. The molecule has 0 spiro atoms. The molecule has 4 nitrogen and oxygen atoms in total. The van der Waals surface area contributed by atoms with E-state index in [1.807, 2.05) is 0 Å². The van der Waals surface area contributed by atoms with Gasteiger partial charge in [0.2, 0.25) is 5.89 Å². The van der Waals surface area contributed by atoms with Gasteiger partial charge in [-0.2, -0.15) is 4.98 Å². The van der Waals surface area contributed by atoms with E-state index in [0.717, 1.165) is 18.1 Å². The fourth-order valence-electron chi connectivity index (χ4n) is 2.70. The molecule has 0 aliphatic heterocycles. The van der Waals surface area contributed by atoms with Gasteiger partial charge in [-0.1, -0.05) is 44.2 Å². The molecule has 1 saturated carbocycles. The van der Waals surface area contributed by atoms with Gasteiger partial charge >= 0.3 is 0 Å². The third kappa shape index (κ3) is 3.55. The van der Waals surface area contributed by atoms with E-state index in [1.165, 1.54) is 44.9 Å². The predicted octanol–water partition coefficient (Wildman–Crippen LogP) is 3.35. The second kappa shape index (κ2) is 6.88. The van der Waals surface area contributed by atoms with Crippen LogP contribution in [0.2, 0.25) is 0 Å². The van der Waals surface area contributed by atoms with Crippen molar-refractivity contribution in [1.82, 2.24) is 10.1 Å². The van der Waals surface area contributed by atoms with Crippen LogP contribution >= 0.6 is 0 Å². The first-order valence-corrected chi connectivity index (χ1v) is 7.35. The Bertz CT molecular complexity index is 343. The maximum atomic E-state index is 5.56. The summed E-state index contributed by atoms with van der Waals surface area (Å²) in [6.07, 6.45) is 10.0. The highest BCUT2D eigenvalue weighted by atomic mass is 16.5. The Hall–Kier alpha value is -0.900. The van der Waals surface area contributed by atoms with Crippen molar-refractivity contribution in [2.75, 3.05) is 6.54 Å². The van der Waals surface area contributed by atoms with Crippen LogP contribution in [0.3, 0.4) is 0 Å². The third-order valence-corrected chi connectivity index (χ3v) is 3.95. The zero-order chi connectivity index (χ0) is 12.8. The highest BCUT2D eigenvalue weighted by molar-refractivity contribution is 4.98. The Labute approximate surface area is 109 Å². The van der Waals surface area contributed by atoms with E-state index in [2.05, 4.69) is 17.1 Å². The van der Waals surface area contributed by atoms with E-state index < -0.39 is 0 Å². The Morgan fingerprint density at radius 1 is 1.22 bits per heavy atom. The molecule has 18 heavy (non-hydrogen) atoms. The van der Waals surface area contributed by atoms with Crippen LogP contribution in [0.25, 0.3) is 0 Å². The predicted molar refractivity (Wildman–Crippen MR) is 71.4 cm³/mol. The van der Waals surface area contributed by atoms with Gasteiger partial charge in [0.25, 0.3) is 0 Å². The lowest BCUT2D eigenvalue weighted by molar-refractivity contribution is 0.343. The minimum Gasteiger partial charge on any atom is -0.339 e. The molecule has 1 aromatic heterocycles. The van der Waals surface area contributed by atoms with E-state index >= 15 is 0 Å². The van der Waals surface area contributed by atoms with Gasteiger partial charge in [-0.05, 0) is 25.8 Å². The van der Waals surface area contributed by atoms with E-state index in [0.29, 0.717) is 12.5 Å². The van der Waals surface area contributed by atoms with Crippen LogP contribution in [0.1, 0.15) is 81.8 Å². The quantitative estimate of drug-likeness (QED) is 0.891. The molecule has 1 unspecified atom stereocenters. The summed E-state index contributed by atoms with van der Waals surface area (Å²) < 4.78 is 5.39. The molecular formula is C14H25N3O. The minimum atomic E-state index is 0.282. The largest absolute Gasteiger partial charge is 0.339 e. The average Bonchev–Trinajstić information content (AvgIpc) is 2.78. The maximum Gasteiger partial charge on any atom is 0.229 e. The topological polar surface area (TPSA) is 64.9 Å². The first-order chi connectivity index (χ1) is 8.81. The normalized spacial score (nSPS) is 20.3. The Kier molecular flexibility index (Phi) is 5.17. The molecule has 1 aliphatic carbocycles. The molecule has 4 heteroatoms. The number of hydrogen-bond acceptors (Lipinski definition) is 4. The van der Waals surface area contributed by atoms with Crippen LogP contribution in [0.4, 0.5) is 0 Å². The van der Waals surface area contributed by atoms with Gasteiger partial charge in [0.1, 0.15) is 0 Å². The zero-order valence-electron chi connectivity index (χ0n) is 11.4. The van der Waals surface area contributed by atoms with Crippen molar-refractivity contribution in [3.63, 3.8) is 0 Å². The van der Waals surface area contributed by atoms with Gasteiger partial charge in [-0.3, -0.25) is 0 Å². The SMILES string of the molecule is CC(CCN)c1nc(C2CCCCCCC2)no1. The summed E-state index contributed by atoms with van der Waals surface area (Å²) in [7, 11) is 0. The molecule has 0 amide bonds. The Balaban J connectivity index is 1.98. The molecule has 1 heterocycles. The van der Waals surface area contributed by atoms with Crippen molar-refractivity contribution in [2.24, 2.45) is 5.73 Å². The standard InChI is InChI=1S/C14H25N3O/c1-11(9-10-15)14-16-13(17-18-14)12-7-5-3-2-4-6-8-12/h11-12H,2-10,15H2,1H3. The van der Waals surface area contributed by atoms with Crippen molar-refractivity contribution >= 4 is 0 Å². The molecular weight excluding hydrogens is 226 g/mol. The molecule has 0 saturated heterocycles. The van der Waals surface area contributed by atoms with Crippen LogP contribution in [0.5, 0.6) is 0 Å². The Morgan fingerprint density at radius 3 is 2.56 bits per heavy atom.